The number of carbonyl (C=O) groups is 2. The topological polar surface area (TPSA) is 70.2 Å². The van der Waals surface area contributed by atoms with E-state index in [9.17, 15) is 14.7 Å². The van der Waals surface area contributed by atoms with Gasteiger partial charge in [-0.25, -0.2) is 0 Å². The normalized spacial score (nSPS) is 16.7. The summed E-state index contributed by atoms with van der Waals surface area (Å²) >= 11 is 5.98. The number of carboxylic acid groups (broad SMARTS) is 1. The van der Waals surface area contributed by atoms with Crippen LogP contribution in [0.1, 0.15) is 48.2 Å². The van der Waals surface area contributed by atoms with Gasteiger partial charge in [-0.3, -0.25) is 9.59 Å². The molecule has 0 saturated heterocycles. The minimum atomic E-state index is -0.937. The lowest BCUT2D eigenvalue weighted by Gasteiger charge is -2.24. The van der Waals surface area contributed by atoms with E-state index in [2.05, 4.69) is 4.98 Å². The summed E-state index contributed by atoms with van der Waals surface area (Å²) in [5.41, 5.74) is 1.73. The largest absolute Gasteiger partial charge is 0.481 e. The zero-order valence-electron chi connectivity index (χ0n) is 11.6. The van der Waals surface area contributed by atoms with Gasteiger partial charge < -0.3 is 10.1 Å². The van der Waals surface area contributed by atoms with Crippen LogP contribution in [0.3, 0.4) is 0 Å². The molecular weight excluding hydrogens is 290 g/mol. The zero-order valence-corrected chi connectivity index (χ0v) is 12.4. The molecule has 1 aliphatic carbocycles. The fourth-order valence-corrected chi connectivity index (χ4v) is 3.01. The van der Waals surface area contributed by atoms with Crippen molar-refractivity contribution in [2.75, 3.05) is 0 Å². The van der Waals surface area contributed by atoms with E-state index < -0.39 is 11.9 Å². The standard InChI is InChI=1S/C16H16ClNO3/c1-8(16(20)21)13-11-6-5-10(17)7-12(11)18-14(13)15(19)9-3-2-4-9/h5-9,18H,2-4H2,1H3,(H,20,21). The highest BCUT2D eigenvalue weighted by molar-refractivity contribution is 6.31. The van der Waals surface area contributed by atoms with Crippen LogP contribution in [0.15, 0.2) is 18.2 Å². The van der Waals surface area contributed by atoms with Crippen molar-refractivity contribution < 1.29 is 14.7 Å². The van der Waals surface area contributed by atoms with Crippen molar-refractivity contribution in [3.05, 3.63) is 34.5 Å². The second kappa shape index (κ2) is 5.19. The van der Waals surface area contributed by atoms with Crippen LogP contribution in [-0.2, 0) is 4.79 Å². The quantitative estimate of drug-likeness (QED) is 0.839. The highest BCUT2D eigenvalue weighted by Crippen LogP contribution is 2.36. The molecule has 0 aliphatic heterocycles. The minimum Gasteiger partial charge on any atom is -0.481 e. The zero-order chi connectivity index (χ0) is 15.1. The number of hydrogen-bond donors (Lipinski definition) is 2. The number of nitrogens with one attached hydrogen (secondary N) is 1. The number of carboxylic acids is 1. The first-order chi connectivity index (χ1) is 9.99. The van der Waals surface area contributed by atoms with Gasteiger partial charge in [0.1, 0.15) is 0 Å². The average molecular weight is 306 g/mol. The molecule has 110 valence electrons. The summed E-state index contributed by atoms with van der Waals surface area (Å²) in [5.74, 6) is -1.63. The fraction of sp³-hybridized carbons (Fsp3) is 0.375. The van der Waals surface area contributed by atoms with E-state index in [0.29, 0.717) is 21.8 Å². The molecule has 0 amide bonds. The van der Waals surface area contributed by atoms with Gasteiger partial charge in [0.15, 0.2) is 5.78 Å². The van der Waals surface area contributed by atoms with E-state index >= 15 is 0 Å². The predicted molar refractivity (Wildman–Crippen MR) is 81.0 cm³/mol. The number of hydrogen-bond acceptors (Lipinski definition) is 2. The maximum atomic E-state index is 12.6. The van der Waals surface area contributed by atoms with Gasteiger partial charge in [0.2, 0.25) is 0 Å². The molecule has 1 aromatic carbocycles. The van der Waals surface area contributed by atoms with Crippen molar-refractivity contribution >= 4 is 34.3 Å². The number of ketones is 1. The summed E-state index contributed by atoms with van der Waals surface area (Å²) in [7, 11) is 0. The first kappa shape index (κ1) is 14.1. The Morgan fingerprint density at radius 2 is 2.10 bits per heavy atom. The van der Waals surface area contributed by atoms with Crippen LogP contribution in [0.2, 0.25) is 5.02 Å². The number of Topliss-reactive ketones (excluding diaryl/α,β-unsaturated/α-hetero) is 1. The highest BCUT2D eigenvalue weighted by atomic mass is 35.5. The average Bonchev–Trinajstić information content (AvgIpc) is 2.73. The van der Waals surface area contributed by atoms with Gasteiger partial charge in [-0.2, -0.15) is 0 Å². The van der Waals surface area contributed by atoms with Gasteiger partial charge in [-0.15, -0.1) is 0 Å². The SMILES string of the molecule is CC(C(=O)O)c1c(C(=O)C2CCC2)[nH]c2cc(Cl)ccc12. The van der Waals surface area contributed by atoms with Crippen LogP contribution < -0.4 is 0 Å². The van der Waals surface area contributed by atoms with Crippen molar-refractivity contribution in [2.45, 2.75) is 32.1 Å². The third-order valence-electron chi connectivity index (χ3n) is 4.33. The number of aromatic nitrogens is 1. The van der Waals surface area contributed by atoms with Gasteiger partial charge in [0, 0.05) is 27.4 Å². The van der Waals surface area contributed by atoms with E-state index in [1.54, 1.807) is 25.1 Å². The molecule has 1 aliphatic rings. The molecule has 2 aromatic rings. The number of aromatic amines is 1. The monoisotopic (exact) mass is 305 g/mol. The maximum Gasteiger partial charge on any atom is 0.310 e. The molecule has 1 heterocycles. The van der Waals surface area contributed by atoms with E-state index in [4.69, 9.17) is 11.6 Å². The summed E-state index contributed by atoms with van der Waals surface area (Å²) in [6, 6.07) is 5.22. The maximum absolute atomic E-state index is 12.6. The van der Waals surface area contributed by atoms with E-state index in [1.807, 2.05) is 0 Å². The Hall–Kier alpha value is -1.81. The Kier molecular flexibility index (Phi) is 3.49. The third-order valence-corrected chi connectivity index (χ3v) is 4.56. The van der Waals surface area contributed by atoms with Crippen molar-refractivity contribution in [3.8, 4) is 0 Å². The number of benzene rings is 1. The van der Waals surface area contributed by atoms with Crippen LogP contribution in [0, 0.1) is 5.92 Å². The number of fused-ring (bicyclic) bond motifs is 1. The van der Waals surface area contributed by atoms with E-state index in [-0.39, 0.29) is 11.7 Å². The summed E-state index contributed by atoms with van der Waals surface area (Å²) in [5, 5.41) is 10.7. The number of aliphatic carboxylic acids is 1. The molecule has 2 N–H and O–H groups in total. The molecule has 1 fully saturated rings. The van der Waals surface area contributed by atoms with Crippen LogP contribution in [0.25, 0.3) is 10.9 Å². The second-order valence-electron chi connectivity index (χ2n) is 5.66. The number of H-pyrrole nitrogens is 1. The van der Waals surface area contributed by atoms with Crippen molar-refractivity contribution in [3.63, 3.8) is 0 Å². The molecule has 3 rings (SSSR count). The molecule has 0 radical (unpaired) electrons. The molecular formula is C16H16ClNO3. The lowest BCUT2D eigenvalue weighted by molar-refractivity contribution is -0.138. The Morgan fingerprint density at radius 3 is 2.67 bits per heavy atom. The van der Waals surface area contributed by atoms with Crippen molar-refractivity contribution in [1.82, 2.24) is 4.98 Å². The third kappa shape index (κ3) is 2.33. The second-order valence-corrected chi connectivity index (χ2v) is 6.09. The van der Waals surface area contributed by atoms with Crippen LogP contribution in [-0.4, -0.2) is 21.8 Å². The Balaban J connectivity index is 2.18. The molecule has 4 nitrogen and oxygen atoms in total. The number of halogens is 1. The van der Waals surface area contributed by atoms with Crippen LogP contribution in [0.5, 0.6) is 0 Å². The molecule has 1 saturated carbocycles. The van der Waals surface area contributed by atoms with Crippen molar-refractivity contribution in [2.24, 2.45) is 5.92 Å². The van der Waals surface area contributed by atoms with Gasteiger partial charge >= 0.3 is 5.97 Å². The Labute approximate surface area is 127 Å². The van der Waals surface area contributed by atoms with Gasteiger partial charge in [0.25, 0.3) is 0 Å². The van der Waals surface area contributed by atoms with Gasteiger partial charge in [-0.1, -0.05) is 24.1 Å². The summed E-state index contributed by atoms with van der Waals surface area (Å²) in [6.45, 7) is 1.61. The molecule has 1 unspecified atom stereocenters. The van der Waals surface area contributed by atoms with Crippen LogP contribution in [0.4, 0.5) is 0 Å². The first-order valence-electron chi connectivity index (χ1n) is 7.07. The molecule has 5 heteroatoms. The van der Waals surface area contributed by atoms with Gasteiger partial charge in [0.05, 0.1) is 11.6 Å². The Morgan fingerprint density at radius 1 is 1.38 bits per heavy atom. The molecule has 0 bridgehead atoms. The molecule has 1 atom stereocenters. The van der Waals surface area contributed by atoms with Gasteiger partial charge in [-0.05, 0) is 31.9 Å². The van der Waals surface area contributed by atoms with E-state index in [1.165, 1.54) is 0 Å². The summed E-state index contributed by atoms with van der Waals surface area (Å²) in [6.07, 6.45) is 2.83. The van der Waals surface area contributed by atoms with Crippen molar-refractivity contribution in [1.29, 1.82) is 0 Å². The summed E-state index contributed by atoms with van der Waals surface area (Å²) < 4.78 is 0. The molecule has 1 aromatic heterocycles. The fourth-order valence-electron chi connectivity index (χ4n) is 2.83. The lowest BCUT2D eigenvalue weighted by atomic mass is 9.79. The first-order valence-corrected chi connectivity index (χ1v) is 7.45. The number of rotatable bonds is 4. The van der Waals surface area contributed by atoms with E-state index in [0.717, 1.165) is 24.6 Å². The summed E-state index contributed by atoms with van der Waals surface area (Å²) in [4.78, 5) is 27.0. The Bertz CT molecular complexity index is 730. The lowest BCUT2D eigenvalue weighted by Crippen LogP contribution is -2.24. The minimum absolute atomic E-state index is 0.0216. The van der Waals surface area contributed by atoms with Crippen LogP contribution >= 0.6 is 11.6 Å². The predicted octanol–water partition coefficient (Wildman–Crippen LogP) is 3.99. The molecule has 21 heavy (non-hydrogen) atoms. The molecule has 0 spiro atoms. The smallest absolute Gasteiger partial charge is 0.310 e. The number of carbonyl (C=O) groups excluding carboxylic acids is 1. The highest BCUT2D eigenvalue weighted by Gasteiger charge is 2.32.